The molecular weight excluding hydrogens is 426 g/mol. The van der Waals surface area contributed by atoms with Crippen LogP contribution in [0.5, 0.6) is 11.5 Å². The fraction of sp³-hybridized carbons (Fsp3) is 0.261. The van der Waals surface area contributed by atoms with Crippen LogP contribution in [-0.4, -0.2) is 47.4 Å². The molecule has 4 aromatic rings. The zero-order valence-corrected chi connectivity index (χ0v) is 18.4. The number of nitrogens with two attached hydrogens (primary N) is 1. The van der Waals surface area contributed by atoms with E-state index in [9.17, 15) is 4.79 Å². The Morgan fingerprint density at radius 1 is 1.19 bits per heavy atom. The van der Waals surface area contributed by atoms with Crippen LogP contribution in [0.2, 0.25) is 0 Å². The molecule has 0 aliphatic carbocycles. The van der Waals surface area contributed by atoms with Gasteiger partial charge in [0, 0.05) is 23.4 Å². The minimum atomic E-state index is -0.139. The van der Waals surface area contributed by atoms with E-state index in [2.05, 4.69) is 16.3 Å². The summed E-state index contributed by atoms with van der Waals surface area (Å²) in [6.45, 7) is 3.94. The fourth-order valence-corrected chi connectivity index (χ4v) is 4.73. The number of H-pyrrole nitrogens is 1. The summed E-state index contributed by atoms with van der Waals surface area (Å²) in [6.07, 6.45) is 2.49. The molecule has 2 aromatic heterocycles. The highest BCUT2D eigenvalue weighted by molar-refractivity contribution is 7.22. The Labute approximate surface area is 189 Å². The van der Waals surface area contributed by atoms with Gasteiger partial charge in [-0.1, -0.05) is 17.4 Å². The third-order valence-electron chi connectivity index (χ3n) is 5.37. The van der Waals surface area contributed by atoms with Gasteiger partial charge in [-0.2, -0.15) is 5.10 Å². The number of aromatic nitrogens is 3. The van der Waals surface area contributed by atoms with Gasteiger partial charge in [-0.15, -0.1) is 0 Å². The first-order valence-corrected chi connectivity index (χ1v) is 11.3. The predicted octanol–water partition coefficient (Wildman–Crippen LogP) is 3.76. The van der Waals surface area contributed by atoms with E-state index in [0.29, 0.717) is 54.9 Å². The first-order chi connectivity index (χ1) is 15.6. The Hall–Kier alpha value is -3.43. The van der Waals surface area contributed by atoms with Gasteiger partial charge in [0.1, 0.15) is 13.2 Å². The zero-order valence-electron chi connectivity index (χ0n) is 17.6. The minimum absolute atomic E-state index is 0.139. The lowest BCUT2D eigenvalue weighted by Crippen LogP contribution is -2.33. The molecule has 0 unspecified atom stereocenters. The Balaban J connectivity index is 1.49. The normalized spacial score (nSPS) is 12.8. The number of carbonyl (C=O) groups is 1. The summed E-state index contributed by atoms with van der Waals surface area (Å²) in [7, 11) is 0. The fourth-order valence-electron chi connectivity index (χ4n) is 3.70. The Bertz CT molecular complexity index is 1280. The SMILES string of the molecule is Cc1[nH]ncc1-c1ccc2nc(N(CCCN)C(=O)c3ccc4c(c3)OCCO4)sc2c1. The van der Waals surface area contributed by atoms with Crippen molar-refractivity contribution in [2.24, 2.45) is 5.73 Å². The number of fused-ring (bicyclic) bond motifs is 2. The van der Waals surface area contributed by atoms with Gasteiger partial charge < -0.3 is 15.2 Å². The third kappa shape index (κ3) is 3.80. The van der Waals surface area contributed by atoms with Crippen molar-refractivity contribution in [3.05, 3.63) is 53.9 Å². The number of hydrogen-bond acceptors (Lipinski definition) is 7. The van der Waals surface area contributed by atoms with Gasteiger partial charge in [-0.3, -0.25) is 14.8 Å². The number of nitrogens with one attached hydrogen (secondary N) is 1. The molecule has 5 rings (SSSR count). The van der Waals surface area contributed by atoms with E-state index in [-0.39, 0.29) is 5.91 Å². The maximum Gasteiger partial charge on any atom is 0.260 e. The van der Waals surface area contributed by atoms with Gasteiger partial charge in [0.2, 0.25) is 0 Å². The van der Waals surface area contributed by atoms with Crippen molar-refractivity contribution < 1.29 is 14.3 Å². The number of aromatic amines is 1. The number of amides is 1. The Kier molecular flexibility index (Phi) is 5.50. The summed E-state index contributed by atoms with van der Waals surface area (Å²) in [5, 5.41) is 7.73. The topological polar surface area (TPSA) is 106 Å². The number of anilines is 1. The second kappa shape index (κ2) is 8.60. The lowest BCUT2D eigenvalue weighted by molar-refractivity contribution is 0.0985. The third-order valence-corrected chi connectivity index (χ3v) is 6.41. The summed E-state index contributed by atoms with van der Waals surface area (Å²) < 4.78 is 12.2. The van der Waals surface area contributed by atoms with Crippen molar-refractivity contribution in [3.63, 3.8) is 0 Å². The summed E-state index contributed by atoms with van der Waals surface area (Å²) in [6, 6.07) is 11.4. The summed E-state index contributed by atoms with van der Waals surface area (Å²) in [5.74, 6) is 1.11. The molecule has 0 radical (unpaired) electrons. The first-order valence-electron chi connectivity index (χ1n) is 10.5. The van der Waals surface area contributed by atoms with Crippen molar-refractivity contribution in [2.45, 2.75) is 13.3 Å². The number of hydrogen-bond donors (Lipinski definition) is 2. The van der Waals surface area contributed by atoms with Gasteiger partial charge in [-0.25, -0.2) is 4.98 Å². The standard InChI is InChI=1S/C23H23N5O3S/c1-14-17(13-25-27-14)15-3-5-18-21(12-15)32-23(26-18)28(8-2-7-24)22(29)16-4-6-19-20(11-16)31-10-9-30-19/h3-6,11-13H,2,7-10,24H2,1H3,(H,25,27). The largest absolute Gasteiger partial charge is 0.486 e. The molecular formula is C23H23N5O3S. The second-order valence-electron chi connectivity index (χ2n) is 7.55. The number of rotatable bonds is 6. The van der Waals surface area contributed by atoms with Crippen LogP contribution in [0.15, 0.2) is 42.6 Å². The maximum absolute atomic E-state index is 13.5. The predicted molar refractivity (Wildman–Crippen MR) is 125 cm³/mol. The lowest BCUT2D eigenvalue weighted by atomic mass is 10.1. The average molecular weight is 450 g/mol. The molecule has 164 valence electrons. The van der Waals surface area contributed by atoms with Crippen molar-refractivity contribution >= 4 is 32.6 Å². The van der Waals surface area contributed by atoms with E-state index in [4.69, 9.17) is 20.2 Å². The molecule has 32 heavy (non-hydrogen) atoms. The summed E-state index contributed by atoms with van der Waals surface area (Å²) in [4.78, 5) is 19.9. The molecule has 0 fully saturated rings. The number of nitrogens with zero attached hydrogens (tertiary/aromatic N) is 3. The number of ether oxygens (including phenoxy) is 2. The van der Waals surface area contributed by atoms with Crippen molar-refractivity contribution in [1.29, 1.82) is 0 Å². The highest BCUT2D eigenvalue weighted by Crippen LogP contribution is 2.35. The van der Waals surface area contributed by atoms with Crippen molar-refractivity contribution in [1.82, 2.24) is 15.2 Å². The van der Waals surface area contributed by atoms with Crippen LogP contribution < -0.4 is 20.1 Å². The monoisotopic (exact) mass is 449 g/mol. The van der Waals surface area contributed by atoms with E-state index in [0.717, 1.165) is 27.0 Å². The molecule has 0 saturated heterocycles. The molecule has 1 aliphatic rings. The Morgan fingerprint density at radius 2 is 2.03 bits per heavy atom. The van der Waals surface area contributed by atoms with E-state index in [1.165, 1.54) is 11.3 Å². The number of benzene rings is 2. The quantitative estimate of drug-likeness (QED) is 0.464. The van der Waals surface area contributed by atoms with Crippen molar-refractivity contribution in [3.8, 4) is 22.6 Å². The van der Waals surface area contributed by atoms with Gasteiger partial charge in [0.15, 0.2) is 16.6 Å². The van der Waals surface area contributed by atoms with Gasteiger partial charge >= 0.3 is 0 Å². The smallest absolute Gasteiger partial charge is 0.260 e. The molecule has 0 bridgehead atoms. The summed E-state index contributed by atoms with van der Waals surface area (Å²) in [5.41, 5.74) is 10.2. The van der Waals surface area contributed by atoms with Gasteiger partial charge in [0.25, 0.3) is 5.91 Å². The lowest BCUT2D eigenvalue weighted by Gasteiger charge is -2.22. The van der Waals surface area contributed by atoms with Gasteiger partial charge in [0.05, 0.1) is 16.4 Å². The van der Waals surface area contributed by atoms with Crippen LogP contribution >= 0.6 is 11.3 Å². The van der Waals surface area contributed by atoms with Crippen LogP contribution in [0.1, 0.15) is 22.5 Å². The first kappa shape index (κ1) is 20.5. The molecule has 1 aliphatic heterocycles. The molecule has 1 amide bonds. The molecule has 0 atom stereocenters. The minimum Gasteiger partial charge on any atom is -0.486 e. The molecule has 9 heteroatoms. The second-order valence-corrected chi connectivity index (χ2v) is 8.55. The van der Waals surface area contributed by atoms with E-state index < -0.39 is 0 Å². The van der Waals surface area contributed by atoms with Gasteiger partial charge in [-0.05, 0) is 55.8 Å². The molecule has 0 spiro atoms. The summed E-state index contributed by atoms with van der Waals surface area (Å²) >= 11 is 1.49. The number of aryl methyl sites for hydroxylation is 1. The molecule has 0 saturated carbocycles. The molecule has 2 aromatic carbocycles. The average Bonchev–Trinajstić information content (AvgIpc) is 3.44. The Morgan fingerprint density at radius 3 is 2.81 bits per heavy atom. The van der Waals surface area contributed by atoms with E-state index >= 15 is 0 Å². The highest BCUT2D eigenvalue weighted by Gasteiger charge is 2.23. The van der Waals surface area contributed by atoms with Crippen LogP contribution in [0.3, 0.4) is 0 Å². The van der Waals surface area contributed by atoms with Crippen molar-refractivity contribution in [2.75, 3.05) is 31.2 Å². The zero-order chi connectivity index (χ0) is 22.1. The number of thiazole rings is 1. The van der Waals surface area contributed by atoms with E-state index in [1.54, 1.807) is 23.1 Å². The van der Waals surface area contributed by atoms with Crippen LogP contribution in [0.4, 0.5) is 5.13 Å². The van der Waals surface area contributed by atoms with Crippen LogP contribution in [0.25, 0.3) is 21.3 Å². The molecule has 3 heterocycles. The molecule has 3 N–H and O–H groups in total. The van der Waals surface area contributed by atoms with Crippen LogP contribution in [0, 0.1) is 6.92 Å². The number of carbonyl (C=O) groups excluding carboxylic acids is 1. The van der Waals surface area contributed by atoms with E-state index in [1.807, 2.05) is 25.3 Å². The highest BCUT2D eigenvalue weighted by atomic mass is 32.1. The molecule has 8 nitrogen and oxygen atoms in total. The maximum atomic E-state index is 13.5. The van der Waals surface area contributed by atoms with Crippen LogP contribution in [-0.2, 0) is 0 Å².